The SMILES string of the molecule is O=CC#Cc1cccc(C(=O)O)n1. The number of hydrogen-bond donors (Lipinski definition) is 1. The van der Waals surface area contributed by atoms with Crippen molar-refractivity contribution in [1.82, 2.24) is 4.98 Å². The van der Waals surface area contributed by atoms with Gasteiger partial charge in [-0.15, -0.1) is 0 Å². The molecule has 0 amide bonds. The number of aldehydes is 1. The van der Waals surface area contributed by atoms with Gasteiger partial charge in [-0.3, -0.25) is 4.79 Å². The fraction of sp³-hybridized carbons (Fsp3) is 0. The van der Waals surface area contributed by atoms with Crippen molar-refractivity contribution >= 4 is 12.3 Å². The van der Waals surface area contributed by atoms with E-state index in [4.69, 9.17) is 5.11 Å². The first kappa shape index (κ1) is 8.94. The van der Waals surface area contributed by atoms with Gasteiger partial charge in [0.05, 0.1) is 0 Å². The zero-order valence-electron chi connectivity index (χ0n) is 6.52. The van der Waals surface area contributed by atoms with Crippen LogP contribution in [0.2, 0.25) is 0 Å². The van der Waals surface area contributed by atoms with Crippen LogP contribution in [0.5, 0.6) is 0 Å². The largest absolute Gasteiger partial charge is 0.477 e. The summed E-state index contributed by atoms with van der Waals surface area (Å²) in [4.78, 5) is 24.0. The molecule has 0 atom stereocenters. The highest BCUT2D eigenvalue weighted by molar-refractivity contribution is 5.85. The average molecular weight is 175 g/mol. The Morgan fingerprint density at radius 1 is 1.54 bits per heavy atom. The first-order chi connectivity index (χ1) is 6.24. The summed E-state index contributed by atoms with van der Waals surface area (Å²) in [6.07, 6.45) is 0.426. The third kappa shape index (κ3) is 2.42. The summed E-state index contributed by atoms with van der Waals surface area (Å²) < 4.78 is 0. The van der Waals surface area contributed by atoms with Gasteiger partial charge in [0.15, 0.2) is 6.29 Å². The van der Waals surface area contributed by atoms with E-state index in [1.807, 2.05) is 0 Å². The maximum atomic E-state index is 10.4. The van der Waals surface area contributed by atoms with Crippen LogP contribution < -0.4 is 0 Å². The molecule has 1 N–H and O–H groups in total. The monoisotopic (exact) mass is 175 g/mol. The molecule has 4 nitrogen and oxygen atoms in total. The van der Waals surface area contributed by atoms with E-state index in [9.17, 15) is 9.59 Å². The van der Waals surface area contributed by atoms with Crippen LogP contribution in [0.3, 0.4) is 0 Å². The van der Waals surface area contributed by atoms with Gasteiger partial charge < -0.3 is 5.11 Å². The first-order valence-corrected chi connectivity index (χ1v) is 3.39. The molecule has 0 aromatic carbocycles. The van der Waals surface area contributed by atoms with Gasteiger partial charge in [0.2, 0.25) is 0 Å². The summed E-state index contributed by atoms with van der Waals surface area (Å²) >= 11 is 0. The Hall–Kier alpha value is -2.15. The van der Waals surface area contributed by atoms with Crippen LogP contribution in [-0.2, 0) is 4.79 Å². The van der Waals surface area contributed by atoms with Crippen molar-refractivity contribution < 1.29 is 14.7 Å². The van der Waals surface area contributed by atoms with Crippen molar-refractivity contribution in [3.63, 3.8) is 0 Å². The van der Waals surface area contributed by atoms with E-state index < -0.39 is 5.97 Å². The second-order valence-corrected chi connectivity index (χ2v) is 2.10. The molecule has 0 radical (unpaired) electrons. The smallest absolute Gasteiger partial charge is 0.354 e. The minimum Gasteiger partial charge on any atom is -0.477 e. The minimum absolute atomic E-state index is 0.0855. The number of pyridine rings is 1. The maximum absolute atomic E-state index is 10.4. The van der Waals surface area contributed by atoms with E-state index >= 15 is 0 Å². The second kappa shape index (κ2) is 4.02. The molecule has 1 rings (SSSR count). The standard InChI is InChI=1S/C9H5NO3/c11-6-2-4-7-3-1-5-8(10-7)9(12)13/h1,3,5-6H,(H,12,13). The van der Waals surface area contributed by atoms with Crippen molar-refractivity contribution in [3.8, 4) is 11.8 Å². The molecule has 0 spiro atoms. The lowest BCUT2D eigenvalue weighted by molar-refractivity contribution is -0.103. The van der Waals surface area contributed by atoms with Crippen molar-refractivity contribution in [3.05, 3.63) is 29.6 Å². The van der Waals surface area contributed by atoms with Gasteiger partial charge in [-0.2, -0.15) is 0 Å². The highest BCUT2D eigenvalue weighted by Gasteiger charge is 2.02. The van der Waals surface area contributed by atoms with Crippen LogP contribution in [0.1, 0.15) is 16.2 Å². The van der Waals surface area contributed by atoms with Crippen molar-refractivity contribution in [2.45, 2.75) is 0 Å². The zero-order chi connectivity index (χ0) is 9.68. The maximum Gasteiger partial charge on any atom is 0.354 e. The fourth-order valence-electron chi connectivity index (χ4n) is 0.727. The predicted octanol–water partition coefficient (Wildman–Crippen LogP) is 0.330. The average Bonchev–Trinajstić information content (AvgIpc) is 2.15. The molecular weight excluding hydrogens is 170 g/mol. The quantitative estimate of drug-likeness (QED) is 0.493. The Kier molecular flexibility index (Phi) is 2.77. The molecule has 0 unspecified atom stereocenters. The number of nitrogens with zero attached hydrogens (tertiary/aromatic N) is 1. The van der Waals surface area contributed by atoms with E-state index in [0.717, 1.165) is 0 Å². The predicted molar refractivity (Wildman–Crippen MR) is 44.1 cm³/mol. The molecule has 1 heterocycles. The van der Waals surface area contributed by atoms with Gasteiger partial charge in [0.25, 0.3) is 0 Å². The number of carboxylic acid groups (broad SMARTS) is 1. The summed E-state index contributed by atoms with van der Waals surface area (Å²) in [5.74, 6) is 3.43. The van der Waals surface area contributed by atoms with Crippen LogP contribution in [0.15, 0.2) is 18.2 Å². The number of rotatable bonds is 1. The molecule has 13 heavy (non-hydrogen) atoms. The Morgan fingerprint density at radius 3 is 2.92 bits per heavy atom. The van der Waals surface area contributed by atoms with E-state index in [-0.39, 0.29) is 11.4 Å². The number of carbonyl (C=O) groups excluding carboxylic acids is 1. The van der Waals surface area contributed by atoms with Crippen LogP contribution in [0.25, 0.3) is 0 Å². The molecule has 0 aliphatic heterocycles. The molecule has 0 saturated heterocycles. The molecule has 1 aromatic heterocycles. The van der Waals surface area contributed by atoms with E-state index in [2.05, 4.69) is 16.8 Å². The van der Waals surface area contributed by atoms with Gasteiger partial charge in [-0.05, 0) is 24.0 Å². The second-order valence-electron chi connectivity index (χ2n) is 2.10. The van der Waals surface area contributed by atoms with Crippen molar-refractivity contribution in [2.24, 2.45) is 0 Å². The number of aromatic carboxylic acids is 1. The van der Waals surface area contributed by atoms with Crippen LogP contribution in [-0.4, -0.2) is 22.3 Å². The van der Waals surface area contributed by atoms with Gasteiger partial charge in [0.1, 0.15) is 11.4 Å². The van der Waals surface area contributed by atoms with E-state index in [1.165, 1.54) is 18.2 Å². The Labute approximate surface area is 74.2 Å². The summed E-state index contributed by atoms with van der Waals surface area (Å²) in [7, 11) is 0. The van der Waals surface area contributed by atoms with Crippen LogP contribution in [0, 0.1) is 11.8 Å². The fourth-order valence-corrected chi connectivity index (χ4v) is 0.727. The Balaban J connectivity index is 3.05. The normalized spacial score (nSPS) is 8.31. The van der Waals surface area contributed by atoms with Crippen molar-refractivity contribution in [2.75, 3.05) is 0 Å². The number of aromatic nitrogens is 1. The molecule has 4 heteroatoms. The lowest BCUT2D eigenvalue weighted by Gasteiger charge is -1.92. The summed E-state index contributed by atoms with van der Waals surface area (Å²) in [5, 5.41) is 8.55. The molecule has 0 fully saturated rings. The van der Waals surface area contributed by atoms with Gasteiger partial charge in [-0.1, -0.05) is 6.07 Å². The highest BCUT2D eigenvalue weighted by Crippen LogP contribution is 1.97. The minimum atomic E-state index is -1.12. The topological polar surface area (TPSA) is 67.3 Å². The van der Waals surface area contributed by atoms with Gasteiger partial charge in [0, 0.05) is 0 Å². The Morgan fingerprint density at radius 2 is 2.31 bits per heavy atom. The molecule has 1 aromatic rings. The molecular formula is C9H5NO3. The number of hydrogen-bond acceptors (Lipinski definition) is 3. The van der Waals surface area contributed by atoms with Gasteiger partial charge in [-0.25, -0.2) is 9.78 Å². The first-order valence-electron chi connectivity index (χ1n) is 3.39. The van der Waals surface area contributed by atoms with Crippen LogP contribution >= 0.6 is 0 Å². The third-order valence-corrected chi connectivity index (χ3v) is 1.23. The summed E-state index contributed by atoms with van der Waals surface area (Å²) in [6.45, 7) is 0. The summed E-state index contributed by atoms with van der Waals surface area (Å²) in [6, 6.07) is 4.41. The van der Waals surface area contributed by atoms with E-state index in [0.29, 0.717) is 6.29 Å². The van der Waals surface area contributed by atoms with E-state index in [1.54, 1.807) is 0 Å². The highest BCUT2D eigenvalue weighted by atomic mass is 16.4. The third-order valence-electron chi connectivity index (χ3n) is 1.23. The summed E-state index contributed by atoms with van der Waals surface area (Å²) in [5.41, 5.74) is 0.185. The molecule has 0 bridgehead atoms. The number of carboxylic acids is 1. The van der Waals surface area contributed by atoms with Crippen LogP contribution in [0.4, 0.5) is 0 Å². The number of carbonyl (C=O) groups is 2. The molecule has 0 saturated carbocycles. The molecule has 0 aliphatic carbocycles. The molecule has 64 valence electrons. The lowest BCUT2D eigenvalue weighted by Crippen LogP contribution is -2.00. The Bertz CT molecular complexity index is 401. The van der Waals surface area contributed by atoms with Gasteiger partial charge >= 0.3 is 5.97 Å². The zero-order valence-corrected chi connectivity index (χ0v) is 6.52. The van der Waals surface area contributed by atoms with Crippen molar-refractivity contribution in [1.29, 1.82) is 0 Å². The molecule has 0 aliphatic rings. The lowest BCUT2D eigenvalue weighted by atomic mass is 10.3.